The van der Waals surface area contributed by atoms with E-state index < -0.39 is 12.2 Å². The number of nitrogens with one attached hydrogen (secondary N) is 2. The van der Waals surface area contributed by atoms with Crippen LogP contribution in [0, 0.1) is 0 Å². The summed E-state index contributed by atoms with van der Waals surface area (Å²) in [4.78, 5) is 25.9. The summed E-state index contributed by atoms with van der Waals surface area (Å²) < 4.78 is 28.9. The first-order valence-corrected chi connectivity index (χ1v) is 14.9. The summed E-state index contributed by atoms with van der Waals surface area (Å²) in [5, 5.41) is 16.0. The second-order valence-corrected chi connectivity index (χ2v) is 11.2. The summed E-state index contributed by atoms with van der Waals surface area (Å²) in [7, 11) is 0. The summed E-state index contributed by atoms with van der Waals surface area (Å²) in [5.41, 5.74) is 2.91. The molecule has 230 valence electrons. The molecule has 0 radical (unpaired) electrons. The van der Waals surface area contributed by atoms with Crippen LogP contribution in [0.1, 0.15) is 40.2 Å². The number of ether oxygens (including phenoxy) is 5. The molecule has 1 fully saturated rings. The number of rotatable bonds is 9. The molecule has 10 nitrogen and oxygen atoms in total. The Morgan fingerprint density at radius 2 is 1.64 bits per heavy atom. The molecule has 4 aromatic carbocycles. The molecule has 10 heteroatoms. The third-order valence-electron chi connectivity index (χ3n) is 8.20. The van der Waals surface area contributed by atoms with E-state index in [0.29, 0.717) is 47.2 Å². The third kappa shape index (κ3) is 6.29. The Bertz CT molecular complexity index is 1690. The first-order chi connectivity index (χ1) is 22.0. The average Bonchev–Trinajstić information content (AvgIpc) is 3.69. The van der Waals surface area contributed by atoms with Gasteiger partial charge in [0, 0.05) is 29.3 Å². The fraction of sp³-hybridized carbons (Fsp3) is 0.257. The van der Waals surface area contributed by atoms with Crippen LogP contribution in [-0.4, -0.2) is 48.6 Å². The topological polar surface area (TPSA) is 125 Å². The van der Waals surface area contributed by atoms with E-state index in [2.05, 4.69) is 10.6 Å². The van der Waals surface area contributed by atoms with E-state index in [1.165, 1.54) is 0 Å². The summed E-state index contributed by atoms with van der Waals surface area (Å²) in [5.74, 6) is 2.75. The molecular weight excluding hydrogens is 576 g/mol. The molecule has 0 aromatic heterocycles. The van der Waals surface area contributed by atoms with Crippen molar-refractivity contribution in [2.75, 3.05) is 18.7 Å². The molecule has 45 heavy (non-hydrogen) atoms. The minimum Gasteiger partial charge on any atom is -0.487 e. The van der Waals surface area contributed by atoms with Gasteiger partial charge in [0.2, 0.25) is 12.7 Å². The second-order valence-electron chi connectivity index (χ2n) is 11.2. The molecule has 7 rings (SSSR count). The van der Waals surface area contributed by atoms with Gasteiger partial charge in [0.05, 0.1) is 19.1 Å². The molecule has 3 aliphatic rings. The number of carbonyl (C=O) groups is 2. The van der Waals surface area contributed by atoms with Crippen LogP contribution in [-0.2, 0) is 16.1 Å². The lowest BCUT2D eigenvalue weighted by atomic mass is 9.84. The van der Waals surface area contributed by atoms with E-state index in [1.807, 2.05) is 66.7 Å². The normalized spacial score (nSPS) is 20.8. The Hall–Kier alpha value is -5.06. The van der Waals surface area contributed by atoms with Gasteiger partial charge in [-0.15, -0.1) is 0 Å². The SMILES string of the molecule is O=C(C[C@H]1C[C@H]2c3cc(NC(=O)c4ccc5c(c4)OCO5)ccc3O[C@H]2[C@H](CO)O1)NCc1ccc(Oc2ccccc2)cc1. The van der Waals surface area contributed by atoms with Crippen LogP contribution in [0.2, 0.25) is 0 Å². The van der Waals surface area contributed by atoms with Crippen LogP contribution < -0.4 is 29.6 Å². The van der Waals surface area contributed by atoms with Gasteiger partial charge < -0.3 is 39.4 Å². The Morgan fingerprint density at radius 3 is 2.47 bits per heavy atom. The first-order valence-electron chi connectivity index (χ1n) is 14.9. The minimum absolute atomic E-state index is 0.108. The molecule has 0 spiro atoms. The maximum Gasteiger partial charge on any atom is 0.255 e. The highest BCUT2D eigenvalue weighted by Gasteiger charge is 2.46. The van der Waals surface area contributed by atoms with Gasteiger partial charge in [0.1, 0.15) is 29.5 Å². The predicted octanol–water partition coefficient (Wildman–Crippen LogP) is 5.16. The first kappa shape index (κ1) is 28.7. The molecule has 2 amide bonds. The molecule has 3 heterocycles. The highest BCUT2D eigenvalue weighted by Crippen LogP contribution is 2.47. The summed E-state index contributed by atoms with van der Waals surface area (Å²) in [6, 6.07) is 27.6. The average molecular weight is 609 g/mol. The highest BCUT2D eigenvalue weighted by atomic mass is 16.7. The number of benzene rings is 4. The van der Waals surface area contributed by atoms with Crippen molar-refractivity contribution in [3.63, 3.8) is 0 Å². The standard InChI is InChI=1S/C35H32N2O8/c38-19-32-34-28(27-15-23(9-13-29(27)45-34)37-35(40)22-8-12-30-31(14-22)42-20-41-30)16-26(44-32)17-33(39)36-18-21-6-10-25(11-7-21)43-24-4-2-1-3-5-24/h1-15,26,28,32,34,38H,16-20H2,(H,36,39)(H,37,40)/t26-,28+,32+,34-/m1/s1. The number of para-hydroxylation sites is 1. The van der Waals surface area contributed by atoms with Gasteiger partial charge in [-0.25, -0.2) is 0 Å². The molecule has 4 aromatic rings. The Balaban J connectivity index is 0.965. The summed E-state index contributed by atoms with van der Waals surface area (Å²) in [6.45, 7) is 0.261. The van der Waals surface area contributed by atoms with Crippen LogP contribution in [0.25, 0.3) is 0 Å². The Kier molecular flexibility index (Phi) is 7.98. The molecule has 0 saturated carbocycles. The highest BCUT2D eigenvalue weighted by molar-refractivity contribution is 6.04. The fourth-order valence-electron chi connectivity index (χ4n) is 5.99. The quantitative estimate of drug-likeness (QED) is 0.238. The van der Waals surface area contributed by atoms with E-state index in [4.69, 9.17) is 23.7 Å². The lowest BCUT2D eigenvalue weighted by Gasteiger charge is -2.37. The van der Waals surface area contributed by atoms with Crippen molar-refractivity contribution in [1.82, 2.24) is 5.32 Å². The van der Waals surface area contributed by atoms with Crippen molar-refractivity contribution in [2.45, 2.75) is 43.6 Å². The fourth-order valence-corrected chi connectivity index (χ4v) is 5.99. The summed E-state index contributed by atoms with van der Waals surface area (Å²) >= 11 is 0. The van der Waals surface area contributed by atoms with E-state index in [0.717, 1.165) is 16.9 Å². The number of hydrogen-bond donors (Lipinski definition) is 3. The minimum atomic E-state index is -0.585. The molecule has 3 aliphatic heterocycles. The van der Waals surface area contributed by atoms with Crippen molar-refractivity contribution in [2.24, 2.45) is 0 Å². The van der Waals surface area contributed by atoms with Crippen LogP contribution in [0.3, 0.4) is 0 Å². The van der Waals surface area contributed by atoms with Crippen molar-refractivity contribution < 1.29 is 38.4 Å². The number of fused-ring (bicyclic) bond motifs is 4. The van der Waals surface area contributed by atoms with Crippen LogP contribution in [0.4, 0.5) is 5.69 Å². The van der Waals surface area contributed by atoms with Gasteiger partial charge in [-0.05, 0) is 72.6 Å². The molecule has 3 N–H and O–H groups in total. The van der Waals surface area contributed by atoms with Crippen LogP contribution in [0.15, 0.2) is 91.0 Å². The smallest absolute Gasteiger partial charge is 0.255 e. The molecular formula is C35H32N2O8. The molecule has 0 bridgehead atoms. The van der Waals surface area contributed by atoms with E-state index in [9.17, 15) is 14.7 Å². The molecule has 0 aliphatic carbocycles. The molecule has 4 atom stereocenters. The number of aliphatic hydroxyl groups excluding tert-OH is 1. The summed E-state index contributed by atoms with van der Waals surface area (Å²) in [6.07, 6.45) is -0.706. The number of aliphatic hydroxyl groups is 1. The Morgan fingerprint density at radius 1 is 0.867 bits per heavy atom. The van der Waals surface area contributed by atoms with Crippen LogP contribution >= 0.6 is 0 Å². The molecule has 0 unspecified atom stereocenters. The van der Waals surface area contributed by atoms with Crippen molar-refractivity contribution in [1.29, 1.82) is 0 Å². The van der Waals surface area contributed by atoms with Gasteiger partial charge >= 0.3 is 0 Å². The monoisotopic (exact) mass is 608 g/mol. The largest absolute Gasteiger partial charge is 0.487 e. The second kappa shape index (κ2) is 12.5. The maximum absolute atomic E-state index is 13.0. The van der Waals surface area contributed by atoms with E-state index >= 15 is 0 Å². The van der Waals surface area contributed by atoms with Gasteiger partial charge in [-0.2, -0.15) is 0 Å². The van der Waals surface area contributed by atoms with Crippen molar-refractivity contribution in [3.05, 3.63) is 108 Å². The Labute approximate surface area is 259 Å². The number of anilines is 1. The van der Waals surface area contributed by atoms with Gasteiger partial charge in [-0.3, -0.25) is 9.59 Å². The van der Waals surface area contributed by atoms with Crippen molar-refractivity contribution in [3.8, 4) is 28.7 Å². The van der Waals surface area contributed by atoms with E-state index in [1.54, 1.807) is 24.3 Å². The number of hydrogen-bond acceptors (Lipinski definition) is 8. The van der Waals surface area contributed by atoms with E-state index in [-0.39, 0.29) is 43.7 Å². The number of carbonyl (C=O) groups excluding carboxylic acids is 2. The van der Waals surface area contributed by atoms with Crippen molar-refractivity contribution >= 4 is 17.5 Å². The van der Waals surface area contributed by atoms with Gasteiger partial charge in [0.25, 0.3) is 5.91 Å². The van der Waals surface area contributed by atoms with Gasteiger partial charge in [-0.1, -0.05) is 30.3 Å². The predicted molar refractivity (Wildman–Crippen MR) is 164 cm³/mol. The third-order valence-corrected chi connectivity index (χ3v) is 8.20. The van der Waals surface area contributed by atoms with Crippen LogP contribution in [0.5, 0.6) is 28.7 Å². The van der Waals surface area contributed by atoms with Gasteiger partial charge in [0.15, 0.2) is 11.5 Å². The zero-order chi connectivity index (χ0) is 30.8. The lowest BCUT2D eigenvalue weighted by molar-refractivity contribution is -0.142. The maximum atomic E-state index is 13.0. The lowest BCUT2D eigenvalue weighted by Crippen LogP contribution is -2.47. The number of amides is 2. The zero-order valence-corrected chi connectivity index (χ0v) is 24.3. The zero-order valence-electron chi connectivity index (χ0n) is 24.3. The molecule has 1 saturated heterocycles.